The quantitative estimate of drug-likeness (QED) is 0.258. The average Bonchev–Trinajstić information content (AvgIpc) is 2.80. The van der Waals surface area contributed by atoms with Crippen LogP contribution in [0.25, 0.3) is 11.1 Å². The van der Waals surface area contributed by atoms with E-state index in [2.05, 4.69) is 21.3 Å². The van der Waals surface area contributed by atoms with Gasteiger partial charge >= 0.3 is 12.1 Å². The summed E-state index contributed by atoms with van der Waals surface area (Å²) < 4.78 is 0. The number of carbonyl (C=O) groups excluding carboxylic acids is 2. The van der Waals surface area contributed by atoms with Crippen LogP contribution in [0.1, 0.15) is 11.1 Å². The van der Waals surface area contributed by atoms with Crippen molar-refractivity contribution < 1.29 is 9.59 Å². The van der Waals surface area contributed by atoms with Gasteiger partial charge in [0.25, 0.3) is 0 Å². The minimum Gasteiger partial charge on any atom is -0.308 e. The lowest BCUT2D eigenvalue weighted by Gasteiger charge is -2.10. The smallest absolute Gasteiger partial charge is 0.308 e. The Morgan fingerprint density at radius 2 is 0.824 bits per heavy atom. The fourth-order valence-corrected chi connectivity index (χ4v) is 3.52. The molecule has 4 N–H and O–H groups in total. The molecule has 0 aromatic heterocycles. The van der Waals surface area contributed by atoms with Gasteiger partial charge in [-0.25, -0.2) is 9.59 Å². The molecule has 0 fully saturated rings. The first kappa shape index (κ1) is 22.6. The molecule has 0 heterocycles. The predicted molar refractivity (Wildman–Crippen MR) is 140 cm³/mol. The molecule has 0 aliphatic heterocycles. The van der Waals surface area contributed by atoms with Crippen LogP contribution in [-0.4, -0.2) is 12.1 Å². The van der Waals surface area contributed by atoms with E-state index < -0.39 is 0 Å². The zero-order chi connectivity index (χ0) is 23.9. The maximum absolute atomic E-state index is 12.2. The molecule has 4 aromatic rings. The molecule has 0 atom stereocenters. The van der Waals surface area contributed by atoms with Crippen molar-refractivity contribution in [1.82, 2.24) is 0 Å². The summed E-state index contributed by atoms with van der Waals surface area (Å²) in [5.74, 6) is 0. The lowest BCUT2D eigenvalue weighted by molar-refractivity contribution is 0.261. The fraction of sp³-hybridized carbons (Fsp3) is 0.0714. The van der Waals surface area contributed by atoms with Gasteiger partial charge in [0.1, 0.15) is 0 Å². The Kier molecular flexibility index (Phi) is 6.89. The molecular formula is C28H26N4O2. The van der Waals surface area contributed by atoms with Gasteiger partial charge in [-0.1, -0.05) is 48.5 Å². The Hall–Kier alpha value is -4.58. The lowest BCUT2D eigenvalue weighted by Crippen LogP contribution is -2.19. The van der Waals surface area contributed by atoms with Crippen LogP contribution in [0, 0.1) is 13.8 Å². The summed E-state index contributed by atoms with van der Waals surface area (Å²) in [6, 6.07) is 29.9. The first-order valence-corrected chi connectivity index (χ1v) is 10.9. The Bertz CT molecular complexity index is 1200. The number of carbonyl (C=O) groups is 2. The van der Waals surface area contributed by atoms with Crippen LogP contribution < -0.4 is 21.3 Å². The van der Waals surface area contributed by atoms with E-state index in [0.717, 1.165) is 33.6 Å². The van der Waals surface area contributed by atoms with Crippen LogP contribution in [0.5, 0.6) is 0 Å². The summed E-state index contributed by atoms with van der Waals surface area (Å²) in [5, 5.41) is 11.3. The van der Waals surface area contributed by atoms with Crippen molar-refractivity contribution in [3.63, 3.8) is 0 Å². The molecule has 0 bridgehead atoms. The maximum atomic E-state index is 12.2. The highest BCUT2D eigenvalue weighted by Gasteiger charge is 2.06. The molecule has 170 valence electrons. The predicted octanol–water partition coefficient (Wildman–Crippen LogP) is 7.26. The van der Waals surface area contributed by atoms with Crippen molar-refractivity contribution in [3.8, 4) is 11.1 Å². The monoisotopic (exact) mass is 450 g/mol. The van der Waals surface area contributed by atoms with Gasteiger partial charge in [-0.15, -0.1) is 0 Å². The third-order valence-corrected chi connectivity index (χ3v) is 5.17. The second kappa shape index (κ2) is 10.4. The first-order chi connectivity index (χ1) is 16.4. The number of amides is 4. The number of benzene rings is 4. The number of hydrogen-bond donors (Lipinski definition) is 4. The van der Waals surface area contributed by atoms with Crippen molar-refractivity contribution in [3.05, 3.63) is 108 Å². The van der Waals surface area contributed by atoms with Gasteiger partial charge in [0.05, 0.1) is 0 Å². The molecule has 34 heavy (non-hydrogen) atoms. The van der Waals surface area contributed by atoms with E-state index in [1.165, 1.54) is 0 Å². The highest BCUT2D eigenvalue weighted by Crippen LogP contribution is 2.23. The molecule has 0 aliphatic carbocycles. The molecule has 6 nitrogen and oxygen atoms in total. The number of aryl methyl sites for hydroxylation is 2. The number of urea groups is 2. The van der Waals surface area contributed by atoms with Crippen molar-refractivity contribution in [2.75, 3.05) is 21.3 Å². The van der Waals surface area contributed by atoms with Gasteiger partial charge in [-0.3, -0.25) is 0 Å². The lowest BCUT2D eigenvalue weighted by atomic mass is 10.1. The van der Waals surface area contributed by atoms with Crippen LogP contribution in [0.2, 0.25) is 0 Å². The summed E-state index contributed by atoms with van der Waals surface area (Å²) >= 11 is 0. The Morgan fingerprint density at radius 3 is 1.18 bits per heavy atom. The van der Waals surface area contributed by atoms with Crippen LogP contribution in [-0.2, 0) is 0 Å². The largest absolute Gasteiger partial charge is 0.323 e. The molecule has 4 amide bonds. The molecule has 0 spiro atoms. The Morgan fingerprint density at radius 1 is 0.471 bits per heavy atom. The van der Waals surface area contributed by atoms with Gasteiger partial charge in [-0.05, 0) is 84.6 Å². The summed E-state index contributed by atoms with van der Waals surface area (Å²) in [6.45, 7) is 3.95. The van der Waals surface area contributed by atoms with E-state index in [4.69, 9.17) is 0 Å². The Labute approximate surface area is 199 Å². The molecule has 0 saturated carbocycles. The first-order valence-electron chi connectivity index (χ1n) is 10.9. The van der Waals surface area contributed by atoms with E-state index in [1.54, 1.807) is 0 Å². The summed E-state index contributed by atoms with van der Waals surface area (Å²) in [5.41, 5.74) is 7.04. The number of anilines is 4. The molecular weight excluding hydrogens is 424 g/mol. The molecule has 0 unspecified atom stereocenters. The van der Waals surface area contributed by atoms with Gasteiger partial charge < -0.3 is 21.3 Å². The second-order valence-electron chi connectivity index (χ2n) is 8.05. The number of nitrogens with one attached hydrogen (secondary N) is 4. The molecule has 0 saturated heterocycles. The summed E-state index contributed by atoms with van der Waals surface area (Å²) in [6.07, 6.45) is 0. The zero-order valence-corrected chi connectivity index (χ0v) is 19.1. The van der Waals surface area contributed by atoms with Crippen LogP contribution in [0.15, 0.2) is 97.1 Å². The minimum atomic E-state index is -0.294. The van der Waals surface area contributed by atoms with Crippen molar-refractivity contribution in [2.45, 2.75) is 13.8 Å². The van der Waals surface area contributed by atoms with E-state index in [9.17, 15) is 9.59 Å². The third-order valence-electron chi connectivity index (χ3n) is 5.17. The standard InChI is InChI=1S/C28H26N4O2/c1-19-5-3-7-25(17-19)31-27(33)29-23-13-9-21(10-14-23)22-11-15-24(16-12-22)30-28(34)32-26-8-4-6-20(2)18-26/h3-18H,1-2H3,(H2,29,31,33)(H2,30,32,34). The fourth-order valence-electron chi connectivity index (χ4n) is 3.52. The molecule has 4 aromatic carbocycles. The number of hydrogen-bond acceptors (Lipinski definition) is 2. The molecule has 6 heteroatoms. The zero-order valence-electron chi connectivity index (χ0n) is 19.1. The highest BCUT2D eigenvalue weighted by atomic mass is 16.2. The van der Waals surface area contributed by atoms with E-state index >= 15 is 0 Å². The SMILES string of the molecule is Cc1cccc(NC(=O)Nc2ccc(-c3ccc(NC(=O)Nc4cccc(C)c4)cc3)cc2)c1. The third kappa shape index (κ3) is 6.23. The van der Waals surface area contributed by atoms with Crippen LogP contribution in [0.4, 0.5) is 32.3 Å². The van der Waals surface area contributed by atoms with E-state index in [1.807, 2.05) is 111 Å². The topological polar surface area (TPSA) is 82.3 Å². The van der Waals surface area contributed by atoms with Crippen LogP contribution >= 0.6 is 0 Å². The van der Waals surface area contributed by atoms with E-state index in [-0.39, 0.29) is 12.1 Å². The van der Waals surface area contributed by atoms with Crippen molar-refractivity contribution in [1.29, 1.82) is 0 Å². The summed E-state index contributed by atoms with van der Waals surface area (Å²) in [7, 11) is 0. The maximum Gasteiger partial charge on any atom is 0.323 e. The molecule has 0 aliphatic rings. The van der Waals surface area contributed by atoms with E-state index in [0.29, 0.717) is 11.4 Å². The number of rotatable bonds is 5. The van der Waals surface area contributed by atoms with Crippen molar-refractivity contribution in [2.24, 2.45) is 0 Å². The van der Waals surface area contributed by atoms with Gasteiger partial charge in [-0.2, -0.15) is 0 Å². The van der Waals surface area contributed by atoms with Crippen LogP contribution in [0.3, 0.4) is 0 Å². The van der Waals surface area contributed by atoms with Gasteiger partial charge in [0.15, 0.2) is 0 Å². The molecule has 0 radical (unpaired) electrons. The van der Waals surface area contributed by atoms with Gasteiger partial charge in [0, 0.05) is 22.7 Å². The second-order valence-corrected chi connectivity index (χ2v) is 8.05. The highest BCUT2D eigenvalue weighted by molar-refractivity contribution is 6.00. The normalized spacial score (nSPS) is 10.3. The van der Waals surface area contributed by atoms with Crippen molar-refractivity contribution >= 4 is 34.8 Å². The Balaban J connectivity index is 1.32. The average molecular weight is 451 g/mol. The molecule has 4 rings (SSSR count). The van der Waals surface area contributed by atoms with Gasteiger partial charge in [0.2, 0.25) is 0 Å². The minimum absolute atomic E-state index is 0.294. The summed E-state index contributed by atoms with van der Waals surface area (Å²) in [4.78, 5) is 24.5.